The van der Waals surface area contributed by atoms with Crippen molar-refractivity contribution in [3.63, 3.8) is 0 Å². The molecule has 0 aliphatic carbocycles. The number of halogens is 1. The molecule has 0 radical (unpaired) electrons. The van der Waals surface area contributed by atoms with Crippen molar-refractivity contribution in [1.82, 2.24) is 14.8 Å². The van der Waals surface area contributed by atoms with E-state index in [0.717, 1.165) is 5.56 Å². The third kappa shape index (κ3) is 5.97. The van der Waals surface area contributed by atoms with Gasteiger partial charge >= 0.3 is 6.09 Å². The Kier molecular flexibility index (Phi) is 6.47. The Labute approximate surface area is 175 Å². The largest absolute Gasteiger partial charge is 0.444 e. The molecule has 0 N–H and O–H groups in total. The summed E-state index contributed by atoms with van der Waals surface area (Å²) >= 11 is 5.90. The molecule has 0 bridgehead atoms. The van der Waals surface area contributed by atoms with Crippen LogP contribution in [0.25, 0.3) is 11.3 Å². The van der Waals surface area contributed by atoms with E-state index < -0.39 is 5.60 Å². The quantitative estimate of drug-likeness (QED) is 0.748. The van der Waals surface area contributed by atoms with E-state index in [1.165, 1.54) is 0 Å². The highest BCUT2D eigenvalue weighted by Gasteiger charge is 2.27. The van der Waals surface area contributed by atoms with Crippen molar-refractivity contribution in [2.24, 2.45) is 0 Å². The van der Waals surface area contributed by atoms with E-state index in [-0.39, 0.29) is 12.0 Å². The zero-order valence-electron chi connectivity index (χ0n) is 17.0. The molecule has 2 heterocycles. The summed E-state index contributed by atoms with van der Waals surface area (Å²) in [7, 11) is 0. The Balaban J connectivity index is 1.46. The Morgan fingerprint density at radius 3 is 2.34 bits per heavy atom. The van der Waals surface area contributed by atoms with E-state index in [4.69, 9.17) is 20.8 Å². The van der Waals surface area contributed by atoms with Gasteiger partial charge in [-0.25, -0.2) is 9.78 Å². The van der Waals surface area contributed by atoms with Crippen molar-refractivity contribution in [2.75, 3.05) is 26.2 Å². The molecule has 7 nitrogen and oxygen atoms in total. The minimum atomic E-state index is -0.523. The fraction of sp³-hybridized carbons (Fsp3) is 0.476. The Morgan fingerprint density at radius 1 is 1.10 bits per heavy atom. The number of nitrogens with zero attached hydrogens (tertiary/aromatic N) is 3. The van der Waals surface area contributed by atoms with Crippen LogP contribution in [-0.4, -0.2) is 58.6 Å². The average Bonchev–Trinajstić information content (AvgIpc) is 3.14. The van der Waals surface area contributed by atoms with Gasteiger partial charge in [0.05, 0.1) is 6.20 Å². The minimum absolute atomic E-state index is 0.0279. The van der Waals surface area contributed by atoms with Crippen LogP contribution in [0.5, 0.6) is 0 Å². The number of amides is 2. The maximum absolute atomic E-state index is 12.5. The summed E-state index contributed by atoms with van der Waals surface area (Å²) in [6.45, 7) is 7.46. The first kappa shape index (κ1) is 21.2. The summed E-state index contributed by atoms with van der Waals surface area (Å²) in [6, 6.07) is 7.31. The van der Waals surface area contributed by atoms with Gasteiger partial charge in [0.2, 0.25) is 5.91 Å². The predicted molar refractivity (Wildman–Crippen MR) is 110 cm³/mol. The predicted octanol–water partition coefficient (Wildman–Crippen LogP) is 4.01. The molecule has 0 saturated carbocycles. The number of carbonyl (C=O) groups is 2. The Hall–Kier alpha value is -2.54. The van der Waals surface area contributed by atoms with E-state index in [2.05, 4.69) is 4.98 Å². The lowest BCUT2D eigenvalue weighted by molar-refractivity contribution is -0.133. The monoisotopic (exact) mass is 419 g/mol. The van der Waals surface area contributed by atoms with Crippen LogP contribution in [-0.2, 0) is 16.0 Å². The summed E-state index contributed by atoms with van der Waals surface area (Å²) in [5.74, 6) is 1.20. The first-order valence-corrected chi connectivity index (χ1v) is 10.1. The van der Waals surface area contributed by atoms with Gasteiger partial charge in [-0.1, -0.05) is 11.6 Å². The summed E-state index contributed by atoms with van der Waals surface area (Å²) in [4.78, 5) is 32.3. The molecule has 1 aliphatic heterocycles. The third-order valence-corrected chi connectivity index (χ3v) is 4.77. The second-order valence-corrected chi connectivity index (χ2v) is 8.41. The van der Waals surface area contributed by atoms with E-state index in [0.29, 0.717) is 55.7 Å². The summed E-state index contributed by atoms with van der Waals surface area (Å²) in [5, 5.41) is 0.658. The number of rotatable bonds is 4. The number of piperazine rings is 1. The second-order valence-electron chi connectivity index (χ2n) is 7.97. The van der Waals surface area contributed by atoms with Gasteiger partial charge in [0.1, 0.15) is 5.60 Å². The molecular weight excluding hydrogens is 394 g/mol. The van der Waals surface area contributed by atoms with E-state index in [1.54, 1.807) is 28.1 Å². The third-order valence-electron chi connectivity index (χ3n) is 4.52. The van der Waals surface area contributed by atoms with Crippen molar-refractivity contribution in [2.45, 2.75) is 39.2 Å². The van der Waals surface area contributed by atoms with Crippen LogP contribution in [0.4, 0.5) is 4.79 Å². The van der Waals surface area contributed by atoms with Crippen LogP contribution >= 0.6 is 11.6 Å². The van der Waals surface area contributed by atoms with Gasteiger partial charge in [0.15, 0.2) is 11.7 Å². The van der Waals surface area contributed by atoms with E-state index in [9.17, 15) is 9.59 Å². The maximum atomic E-state index is 12.5. The molecule has 1 aromatic carbocycles. The fourth-order valence-corrected chi connectivity index (χ4v) is 3.14. The molecule has 2 amide bonds. The molecule has 29 heavy (non-hydrogen) atoms. The fourth-order valence-electron chi connectivity index (χ4n) is 3.01. The van der Waals surface area contributed by atoms with Crippen molar-refractivity contribution in [1.29, 1.82) is 0 Å². The lowest BCUT2D eigenvalue weighted by Gasteiger charge is -2.35. The van der Waals surface area contributed by atoms with Gasteiger partial charge < -0.3 is 19.0 Å². The van der Waals surface area contributed by atoms with Gasteiger partial charge in [-0.3, -0.25) is 4.79 Å². The van der Waals surface area contributed by atoms with Crippen LogP contribution in [0.3, 0.4) is 0 Å². The molecule has 0 atom stereocenters. The van der Waals surface area contributed by atoms with Crippen molar-refractivity contribution < 1.29 is 18.7 Å². The molecule has 8 heteroatoms. The number of hydrogen-bond donors (Lipinski definition) is 0. The van der Waals surface area contributed by atoms with Gasteiger partial charge in [0, 0.05) is 49.6 Å². The minimum Gasteiger partial charge on any atom is -0.444 e. The summed E-state index contributed by atoms with van der Waals surface area (Å²) in [5.41, 5.74) is 0.364. The Bertz CT molecular complexity index is 850. The molecular formula is C21H26ClN3O4. The normalized spacial score (nSPS) is 14.8. The molecule has 1 aliphatic rings. The van der Waals surface area contributed by atoms with Gasteiger partial charge in [-0.15, -0.1) is 0 Å². The molecule has 1 saturated heterocycles. The highest BCUT2D eigenvalue weighted by atomic mass is 35.5. The zero-order chi connectivity index (χ0) is 21.0. The summed E-state index contributed by atoms with van der Waals surface area (Å²) < 4.78 is 11.1. The van der Waals surface area contributed by atoms with Gasteiger partial charge in [-0.2, -0.15) is 0 Å². The van der Waals surface area contributed by atoms with Crippen LogP contribution in [0, 0.1) is 0 Å². The number of oxazole rings is 1. The number of hydrogen-bond acceptors (Lipinski definition) is 5. The molecule has 1 aromatic heterocycles. The molecule has 3 rings (SSSR count). The highest BCUT2D eigenvalue weighted by Crippen LogP contribution is 2.23. The van der Waals surface area contributed by atoms with Crippen LogP contribution < -0.4 is 0 Å². The van der Waals surface area contributed by atoms with Crippen LogP contribution in [0.15, 0.2) is 34.9 Å². The molecule has 156 valence electrons. The van der Waals surface area contributed by atoms with Crippen molar-refractivity contribution >= 4 is 23.6 Å². The first-order chi connectivity index (χ1) is 13.7. The molecule has 0 unspecified atom stereocenters. The molecule has 2 aromatic rings. The van der Waals surface area contributed by atoms with Crippen LogP contribution in [0.2, 0.25) is 5.02 Å². The average molecular weight is 420 g/mol. The van der Waals surface area contributed by atoms with Gasteiger partial charge in [0.25, 0.3) is 0 Å². The van der Waals surface area contributed by atoms with Crippen molar-refractivity contribution in [3.8, 4) is 11.3 Å². The SMILES string of the molecule is CC(C)(C)OC(=O)N1CCN(C(=O)CCc2ncc(-c3ccc(Cl)cc3)o2)CC1. The topological polar surface area (TPSA) is 75.9 Å². The van der Waals surface area contributed by atoms with Crippen molar-refractivity contribution in [3.05, 3.63) is 41.4 Å². The second kappa shape index (κ2) is 8.86. The smallest absolute Gasteiger partial charge is 0.410 e. The summed E-state index contributed by atoms with van der Waals surface area (Å²) in [6.07, 6.45) is 2.06. The van der Waals surface area contributed by atoms with Gasteiger partial charge in [-0.05, 0) is 45.0 Å². The lowest BCUT2D eigenvalue weighted by atomic mass is 10.2. The molecule has 0 spiro atoms. The number of aryl methyl sites for hydroxylation is 1. The number of carbonyl (C=O) groups excluding carboxylic acids is 2. The maximum Gasteiger partial charge on any atom is 0.410 e. The molecule has 1 fully saturated rings. The highest BCUT2D eigenvalue weighted by molar-refractivity contribution is 6.30. The zero-order valence-corrected chi connectivity index (χ0v) is 17.7. The number of ether oxygens (including phenoxy) is 1. The first-order valence-electron chi connectivity index (χ1n) is 9.67. The Morgan fingerprint density at radius 2 is 1.72 bits per heavy atom. The van der Waals surface area contributed by atoms with E-state index in [1.807, 2.05) is 32.9 Å². The number of benzene rings is 1. The van der Waals surface area contributed by atoms with Crippen LogP contribution in [0.1, 0.15) is 33.1 Å². The van der Waals surface area contributed by atoms with E-state index >= 15 is 0 Å². The number of aromatic nitrogens is 1. The standard InChI is InChI=1S/C21H26ClN3O4/c1-21(2,3)29-20(27)25-12-10-24(11-13-25)19(26)9-8-18-23-14-17(28-18)15-4-6-16(22)7-5-15/h4-7,14H,8-13H2,1-3H3. The lowest BCUT2D eigenvalue weighted by Crippen LogP contribution is -2.51.